The monoisotopic (exact) mass is 283 g/mol. The van der Waals surface area contributed by atoms with Gasteiger partial charge in [-0.2, -0.15) is 5.26 Å². The normalized spacial score (nSPS) is 10.9. The summed E-state index contributed by atoms with van der Waals surface area (Å²) in [5.74, 6) is 0. The molecule has 0 saturated carbocycles. The van der Waals surface area contributed by atoms with Crippen molar-refractivity contribution < 1.29 is 0 Å². The van der Waals surface area contributed by atoms with Crippen LogP contribution in [0.1, 0.15) is 11.3 Å². The molecule has 4 aromatic rings. The van der Waals surface area contributed by atoms with E-state index in [0.717, 1.165) is 33.5 Å². The first-order valence-corrected chi connectivity index (χ1v) is 7.16. The number of hydrogen-bond acceptors (Lipinski definition) is 2. The van der Waals surface area contributed by atoms with Crippen molar-refractivity contribution in [1.82, 2.24) is 9.38 Å². The molecular weight excluding hydrogens is 270 g/mol. The Morgan fingerprint density at radius 2 is 1.73 bits per heavy atom. The molecule has 0 spiro atoms. The predicted octanol–water partition coefficient (Wildman–Crippen LogP) is 4.33. The van der Waals surface area contributed by atoms with Crippen LogP contribution in [0.2, 0.25) is 0 Å². The number of aryl methyl sites for hydroxylation is 1. The minimum Gasteiger partial charge on any atom is -0.296 e. The lowest BCUT2D eigenvalue weighted by atomic mass is 10.0. The van der Waals surface area contributed by atoms with Gasteiger partial charge in [-0.3, -0.25) is 4.40 Å². The molecule has 0 fully saturated rings. The smallest absolute Gasteiger partial charge is 0.156 e. The SMILES string of the molecule is Cc1cc(-c2ccccc2)c(C#N)c2nc3ccccc3n12. The van der Waals surface area contributed by atoms with Gasteiger partial charge >= 0.3 is 0 Å². The molecule has 0 bridgehead atoms. The highest BCUT2D eigenvalue weighted by Gasteiger charge is 2.15. The van der Waals surface area contributed by atoms with Crippen molar-refractivity contribution in [3.63, 3.8) is 0 Å². The number of imidazole rings is 1. The van der Waals surface area contributed by atoms with Crippen molar-refractivity contribution in [2.45, 2.75) is 6.92 Å². The van der Waals surface area contributed by atoms with Crippen molar-refractivity contribution in [2.75, 3.05) is 0 Å². The highest BCUT2D eigenvalue weighted by atomic mass is 15.0. The van der Waals surface area contributed by atoms with Crippen LogP contribution >= 0.6 is 0 Å². The minimum atomic E-state index is 0.619. The molecule has 2 heterocycles. The zero-order valence-corrected chi connectivity index (χ0v) is 12.1. The van der Waals surface area contributed by atoms with Crippen LogP contribution in [0.5, 0.6) is 0 Å². The Morgan fingerprint density at radius 1 is 1.00 bits per heavy atom. The Kier molecular flexibility index (Phi) is 2.70. The molecule has 3 nitrogen and oxygen atoms in total. The van der Waals surface area contributed by atoms with E-state index < -0.39 is 0 Å². The molecule has 0 aliphatic carbocycles. The minimum absolute atomic E-state index is 0.619. The Labute approximate surface area is 128 Å². The summed E-state index contributed by atoms with van der Waals surface area (Å²) < 4.78 is 2.06. The maximum Gasteiger partial charge on any atom is 0.156 e. The van der Waals surface area contributed by atoms with Gasteiger partial charge < -0.3 is 0 Å². The van der Waals surface area contributed by atoms with Crippen LogP contribution < -0.4 is 0 Å². The Balaban J connectivity index is 2.18. The van der Waals surface area contributed by atoms with E-state index in [1.54, 1.807) is 0 Å². The third kappa shape index (κ3) is 1.71. The van der Waals surface area contributed by atoms with E-state index in [9.17, 15) is 5.26 Å². The molecule has 0 N–H and O–H groups in total. The van der Waals surface area contributed by atoms with Crippen LogP contribution in [-0.4, -0.2) is 9.38 Å². The second-order valence-corrected chi connectivity index (χ2v) is 5.31. The summed E-state index contributed by atoms with van der Waals surface area (Å²) in [5, 5.41) is 9.69. The Hall–Kier alpha value is -3.12. The Morgan fingerprint density at radius 3 is 2.50 bits per heavy atom. The van der Waals surface area contributed by atoms with Crippen molar-refractivity contribution in [1.29, 1.82) is 5.26 Å². The van der Waals surface area contributed by atoms with Gasteiger partial charge in [-0.15, -0.1) is 0 Å². The van der Waals surface area contributed by atoms with Crippen molar-refractivity contribution >= 4 is 16.7 Å². The summed E-state index contributed by atoms with van der Waals surface area (Å²) >= 11 is 0. The largest absolute Gasteiger partial charge is 0.296 e. The van der Waals surface area contributed by atoms with Crippen molar-refractivity contribution in [3.8, 4) is 17.2 Å². The van der Waals surface area contributed by atoms with E-state index in [1.807, 2.05) is 54.6 Å². The average molecular weight is 283 g/mol. The third-order valence-electron chi connectivity index (χ3n) is 3.96. The predicted molar refractivity (Wildman–Crippen MR) is 87.6 cm³/mol. The van der Waals surface area contributed by atoms with Crippen molar-refractivity contribution in [2.24, 2.45) is 0 Å². The lowest BCUT2D eigenvalue weighted by Gasteiger charge is -2.09. The third-order valence-corrected chi connectivity index (χ3v) is 3.96. The van der Waals surface area contributed by atoms with Crippen molar-refractivity contribution in [3.05, 3.63) is 71.9 Å². The molecular formula is C19H13N3. The van der Waals surface area contributed by atoms with E-state index >= 15 is 0 Å². The van der Waals surface area contributed by atoms with Gasteiger partial charge in [0.25, 0.3) is 0 Å². The van der Waals surface area contributed by atoms with Gasteiger partial charge in [0, 0.05) is 11.3 Å². The highest BCUT2D eigenvalue weighted by Crippen LogP contribution is 2.30. The van der Waals surface area contributed by atoms with E-state index in [1.165, 1.54) is 0 Å². The van der Waals surface area contributed by atoms with E-state index in [2.05, 4.69) is 28.4 Å². The molecule has 0 amide bonds. The van der Waals surface area contributed by atoms with E-state index in [0.29, 0.717) is 5.56 Å². The summed E-state index contributed by atoms with van der Waals surface area (Å²) in [6.45, 7) is 2.05. The van der Waals surface area contributed by atoms with Crippen LogP contribution in [-0.2, 0) is 0 Å². The molecule has 0 aliphatic heterocycles. The zero-order chi connectivity index (χ0) is 15.1. The molecule has 0 unspecified atom stereocenters. The van der Waals surface area contributed by atoms with Crippen LogP contribution in [0.3, 0.4) is 0 Å². The molecule has 3 heteroatoms. The summed E-state index contributed by atoms with van der Waals surface area (Å²) in [4.78, 5) is 4.67. The number of nitriles is 1. The molecule has 0 atom stereocenters. The lowest BCUT2D eigenvalue weighted by molar-refractivity contribution is 1.12. The number of nitrogens with zero attached hydrogens (tertiary/aromatic N) is 3. The number of benzene rings is 2. The van der Waals surface area contributed by atoms with Gasteiger partial charge in [0.2, 0.25) is 0 Å². The number of hydrogen-bond donors (Lipinski definition) is 0. The number of aromatic nitrogens is 2. The van der Waals surface area contributed by atoms with Gasteiger partial charge in [0.1, 0.15) is 11.6 Å². The first kappa shape index (κ1) is 12.6. The van der Waals surface area contributed by atoms with Crippen LogP contribution in [0.4, 0.5) is 0 Å². The molecule has 0 aliphatic rings. The number of pyridine rings is 1. The van der Waals surface area contributed by atoms with Gasteiger partial charge in [-0.25, -0.2) is 4.98 Å². The summed E-state index contributed by atoms with van der Waals surface area (Å²) in [7, 11) is 0. The quantitative estimate of drug-likeness (QED) is 0.521. The second-order valence-electron chi connectivity index (χ2n) is 5.31. The fourth-order valence-electron chi connectivity index (χ4n) is 2.97. The average Bonchev–Trinajstić information content (AvgIpc) is 2.95. The first-order chi connectivity index (χ1) is 10.8. The maximum absolute atomic E-state index is 9.69. The summed E-state index contributed by atoms with van der Waals surface area (Å²) in [6, 6.07) is 22.4. The van der Waals surface area contributed by atoms with Gasteiger partial charge in [0.05, 0.1) is 11.0 Å². The van der Waals surface area contributed by atoms with Gasteiger partial charge in [-0.1, -0.05) is 42.5 Å². The topological polar surface area (TPSA) is 41.1 Å². The first-order valence-electron chi connectivity index (χ1n) is 7.16. The lowest BCUT2D eigenvalue weighted by Crippen LogP contribution is -1.97. The fraction of sp³-hybridized carbons (Fsp3) is 0.0526. The molecule has 0 saturated heterocycles. The molecule has 104 valence electrons. The van der Waals surface area contributed by atoms with Gasteiger partial charge in [0.15, 0.2) is 5.65 Å². The molecule has 2 aromatic carbocycles. The van der Waals surface area contributed by atoms with Crippen LogP contribution in [0.15, 0.2) is 60.7 Å². The molecule has 2 aromatic heterocycles. The molecule has 22 heavy (non-hydrogen) atoms. The maximum atomic E-state index is 9.69. The number of rotatable bonds is 1. The fourth-order valence-corrected chi connectivity index (χ4v) is 2.97. The summed E-state index contributed by atoms with van der Waals surface area (Å²) in [5.41, 5.74) is 6.33. The number of para-hydroxylation sites is 2. The van der Waals surface area contributed by atoms with E-state index in [-0.39, 0.29) is 0 Å². The standard InChI is InChI=1S/C19H13N3/c1-13-11-15(14-7-3-2-4-8-14)16(12-20)19-21-17-9-5-6-10-18(17)22(13)19/h2-11H,1H3. The van der Waals surface area contributed by atoms with Gasteiger partial charge in [-0.05, 0) is 30.7 Å². The Bertz CT molecular complexity index is 1040. The zero-order valence-electron chi connectivity index (χ0n) is 12.1. The van der Waals surface area contributed by atoms with Crippen LogP contribution in [0.25, 0.3) is 27.8 Å². The molecule has 0 radical (unpaired) electrons. The highest BCUT2D eigenvalue weighted by molar-refractivity contribution is 5.87. The van der Waals surface area contributed by atoms with Crippen LogP contribution in [0, 0.1) is 18.3 Å². The summed E-state index contributed by atoms with van der Waals surface area (Å²) in [6.07, 6.45) is 0. The van der Waals surface area contributed by atoms with E-state index in [4.69, 9.17) is 0 Å². The second kappa shape index (κ2) is 4.71. The molecule has 4 rings (SSSR count). The number of fused-ring (bicyclic) bond motifs is 3.